The summed E-state index contributed by atoms with van der Waals surface area (Å²) in [4.78, 5) is 16.8. The van der Waals surface area contributed by atoms with Gasteiger partial charge in [-0.2, -0.15) is 0 Å². The van der Waals surface area contributed by atoms with Gasteiger partial charge in [-0.1, -0.05) is 0 Å². The third-order valence-electron chi connectivity index (χ3n) is 2.56. The minimum Gasteiger partial charge on any atom is -0.496 e. The Kier molecular flexibility index (Phi) is 4.34. The van der Waals surface area contributed by atoms with Gasteiger partial charge in [-0.3, -0.25) is 9.63 Å². The number of hydroxylamine groups is 2. The normalized spacial score (nSPS) is 9.94. The molecule has 94 valence electrons. The second-order valence-electron chi connectivity index (χ2n) is 3.49. The first kappa shape index (κ1) is 13.3. The highest BCUT2D eigenvalue weighted by atomic mass is 16.7. The van der Waals surface area contributed by atoms with Gasteiger partial charge in [0.25, 0.3) is 5.91 Å². The molecule has 17 heavy (non-hydrogen) atoms. The first-order valence-electron chi connectivity index (χ1n) is 5.10. The molecule has 1 aromatic rings. The van der Waals surface area contributed by atoms with Crippen LogP contribution in [0.3, 0.4) is 0 Å². The van der Waals surface area contributed by atoms with E-state index in [9.17, 15) is 4.79 Å². The second-order valence-corrected chi connectivity index (χ2v) is 3.49. The smallest absolute Gasteiger partial charge is 0.277 e. The average Bonchev–Trinajstić information content (AvgIpc) is 2.37. The number of carbonyl (C=O) groups excluding carboxylic acids is 1. The van der Waals surface area contributed by atoms with E-state index in [1.54, 1.807) is 33.4 Å². The number of methoxy groups -OCH3 is 2. The van der Waals surface area contributed by atoms with Crippen LogP contribution in [0.5, 0.6) is 11.5 Å². The Morgan fingerprint density at radius 2 is 1.59 bits per heavy atom. The van der Waals surface area contributed by atoms with E-state index < -0.39 is 0 Å². The van der Waals surface area contributed by atoms with Crippen molar-refractivity contribution in [3.8, 4) is 11.5 Å². The van der Waals surface area contributed by atoms with Gasteiger partial charge in [0.05, 0.1) is 21.3 Å². The first-order chi connectivity index (χ1) is 8.04. The Bertz CT molecular complexity index is 392. The first-order valence-corrected chi connectivity index (χ1v) is 5.10. The summed E-state index contributed by atoms with van der Waals surface area (Å²) in [6, 6.07) is 3.32. The molecule has 0 bridgehead atoms. The van der Waals surface area contributed by atoms with Gasteiger partial charge >= 0.3 is 0 Å². The molecule has 0 atom stereocenters. The number of carbonyl (C=O) groups is 1. The van der Waals surface area contributed by atoms with Crippen molar-refractivity contribution in [3.63, 3.8) is 0 Å². The lowest BCUT2D eigenvalue weighted by Crippen LogP contribution is -2.25. The predicted octanol–water partition coefficient (Wildman–Crippen LogP) is 1.65. The highest BCUT2D eigenvalue weighted by Gasteiger charge is 2.16. The molecule has 5 heteroatoms. The van der Waals surface area contributed by atoms with E-state index in [2.05, 4.69) is 0 Å². The fourth-order valence-corrected chi connectivity index (χ4v) is 1.47. The molecule has 0 spiro atoms. The Morgan fingerprint density at radius 1 is 1.12 bits per heavy atom. The standard InChI is InChI=1S/C12H17NO4/c1-8-10(15-3)6-9(7-11(8)16-4)12(14)13(2)17-5/h6-7H,1-5H3. The highest BCUT2D eigenvalue weighted by Crippen LogP contribution is 2.29. The lowest BCUT2D eigenvalue weighted by atomic mass is 10.1. The van der Waals surface area contributed by atoms with E-state index in [0.717, 1.165) is 10.6 Å². The van der Waals surface area contributed by atoms with Crippen molar-refractivity contribution in [2.24, 2.45) is 0 Å². The maximum Gasteiger partial charge on any atom is 0.277 e. The molecule has 1 amide bonds. The van der Waals surface area contributed by atoms with Crippen LogP contribution in [0.25, 0.3) is 0 Å². The number of ether oxygens (including phenoxy) is 2. The van der Waals surface area contributed by atoms with Crippen molar-refractivity contribution >= 4 is 5.91 Å². The fraction of sp³-hybridized carbons (Fsp3) is 0.417. The predicted molar refractivity (Wildman–Crippen MR) is 63.4 cm³/mol. The molecule has 0 saturated carbocycles. The summed E-state index contributed by atoms with van der Waals surface area (Å²) in [7, 11) is 6.08. The monoisotopic (exact) mass is 239 g/mol. The van der Waals surface area contributed by atoms with Crippen LogP contribution >= 0.6 is 0 Å². The van der Waals surface area contributed by atoms with Crippen molar-refractivity contribution in [2.75, 3.05) is 28.4 Å². The minimum atomic E-state index is -0.260. The molecule has 0 saturated heterocycles. The molecular formula is C12H17NO4. The van der Waals surface area contributed by atoms with Gasteiger partial charge in [0, 0.05) is 18.2 Å². The van der Waals surface area contributed by atoms with E-state index in [4.69, 9.17) is 14.3 Å². The molecule has 0 aliphatic rings. The Balaban J connectivity index is 3.22. The summed E-state index contributed by atoms with van der Waals surface area (Å²) in [6.45, 7) is 1.87. The zero-order valence-electron chi connectivity index (χ0n) is 10.7. The molecule has 0 N–H and O–H groups in total. The van der Waals surface area contributed by atoms with Crippen LogP contribution in [0.2, 0.25) is 0 Å². The summed E-state index contributed by atoms with van der Waals surface area (Å²) >= 11 is 0. The molecule has 0 radical (unpaired) electrons. The molecule has 0 aliphatic carbocycles. The number of amides is 1. The number of hydrogen-bond acceptors (Lipinski definition) is 4. The molecule has 1 aromatic carbocycles. The van der Waals surface area contributed by atoms with Gasteiger partial charge in [0.15, 0.2) is 0 Å². The van der Waals surface area contributed by atoms with Gasteiger partial charge in [0.1, 0.15) is 11.5 Å². The molecule has 0 heterocycles. The maximum atomic E-state index is 11.9. The summed E-state index contributed by atoms with van der Waals surface area (Å²) in [5.74, 6) is 0.957. The zero-order chi connectivity index (χ0) is 13.0. The molecule has 5 nitrogen and oxygen atoms in total. The topological polar surface area (TPSA) is 48.0 Å². The van der Waals surface area contributed by atoms with Crippen molar-refractivity contribution in [1.82, 2.24) is 5.06 Å². The third-order valence-corrected chi connectivity index (χ3v) is 2.56. The molecule has 0 unspecified atom stereocenters. The van der Waals surface area contributed by atoms with Crippen LogP contribution in [0.15, 0.2) is 12.1 Å². The van der Waals surface area contributed by atoms with Crippen LogP contribution in [-0.4, -0.2) is 39.3 Å². The molecule has 1 rings (SSSR count). The van der Waals surface area contributed by atoms with Crippen LogP contribution in [0.1, 0.15) is 15.9 Å². The second kappa shape index (κ2) is 5.54. The largest absolute Gasteiger partial charge is 0.496 e. The fourth-order valence-electron chi connectivity index (χ4n) is 1.47. The van der Waals surface area contributed by atoms with Crippen LogP contribution in [0.4, 0.5) is 0 Å². The van der Waals surface area contributed by atoms with E-state index in [1.807, 2.05) is 6.92 Å². The molecule has 0 fully saturated rings. The summed E-state index contributed by atoms with van der Waals surface area (Å²) in [5.41, 5.74) is 1.31. The van der Waals surface area contributed by atoms with Crippen LogP contribution < -0.4 is 9.47 Å². The van der Waals surface area contributed by atoms with Gasteiger partial charge < -0.3 is 9.47 Å². The summed E-state index contributed by atoms with van der Waals surface area (Å²) in [5, 5.41) is 1.14. The maximum absolute atomic E-state index is 11.9. The van der Waals surface area contributed by atoms with Crippen molar-refractivity contribution < 1.29 is 19.1 Å². The van der Waals surface area contributed by atoms with E-state index in [-0.39, 0.29) is 5.91 Å². The summed E-state index contributed by atoms with van der Waals surface area (Å²) < 4.78 is 10.4. The van der Waals surface area contributed by atoms with Gasteiger partial charge in [-0.25, -0.2) is 5.06 Å². The van der Waals surface area contributed by atoms with Crippen LogP contribution in [-0.2, 0) is 4.84 Å². The quantitative estimate of drug-likeness (QED) is 0.749. The zero-order valence-corrected chi connectivity index (χ0v) is 10.7. The minimum absolute atomic E-state index is 0.260. The molecular weight excluding hydrogens is 222 g/mol. The number of rotatable bonds is 4. The number of benzene rings is 1. The third kappa shape index (κ3) is 2.68. The molecule has 0 aromatic heterocycles. The Labute approximate surface area is 101 Å². The van der Waals surface area contributed by atoms with E-state index in [1.165, 1.54) is 7.11 Å². The van der Waals surface area contributed by atoms with Gasteiger partial charge in [-0.15, -0.1) is 0 Å². The van der Waals surface area contributed by atoms with Crippen molar-refractivity contribution in [1.29, 1.82) is 0 Å². The van der Waals surface area contributed by atoms with Crippen LogP contribution in [0, 0.1) is 6.92 Å². The Hall–Kier alpha value is -1.75. The average molecular weight is 239 g/mol. The number of nitrogens with zero attached hydrogens (tertiary/aromatic N) is 1. The lowest BCUT2D eigenvalue weighted by Gasteiger charge is -2.16. The number of hydrogen-bond donors (Lipinski definition) is 0. The Morgan fingerprint density at radius 3 is 1.94 bits per heavy atom. The lowest BCUT2D eigenvalue weighted by molar-refractivity contribution is -0.0757. The van der Waals surface area contributed by atoms with Crippen molar-refractivity contribution in [3.05, 3.63) is 23.3 Å². The molecule has 0 aliphatic heterocycles. The van der Waals surface area contributed by atoms with Gasteiger partial charge in [-0.05, 0) is 19.1 Å². The van der Waals surface area contributed by atoms with E-state index in [0.29, 0.717) is 17.1 Å². The highest BCUT2D eigenvalue weighted by molar-refractivity contribution is 5.94. The SMILES string of the molecule is COc1cc(C(=O)N(C)OC)cc(OC)c1C. The summed E-state index contributed by atoms with van der Waals surface area (Å²) in [6.07, 6.45) is 0. The van der Waals surface area contributed by atoms with E-state index >= 15 is 0 Å². The van der Waals surface area contributed by atoms with Crippen molar-refractivity contribution in [2.45, 2.75) is 6.92 Å². The van der Waals surface area contributed by atoms with Gasteiger partial charge in [0.2, 0.25) is 0 Å².